The van der Waals surface area contributed by atoms with Gasteiger partial charge in [-0.05, 0) is 24.7 Å². The smallest absolute Gasteiger partial charge is 0.139 e. The Hall–Kier alpha value is -0.330. The van der Waals surface area contributed by atoms with Gasteiger partial charge in [0.1, 0.15) is 5.78 Å². The van der Waals surface area contributed by atoms with Crippen LogP contribution in [0.4, 0.5) is 0 Å². The minimum absolute atomic E-state index is 0.0213. The van der Waals surface area contributed by atoms with E-state index in [1.165, 1.54) is 6.42 Å². The molecule has 0 amide bonds. The van der Waals surface area contributed by atoms with Gasteiger partial charge in [0.05, 0.1) is 0 Å². The highest BCUT2D eigenvalue weighted by atomic mass is 16.1. The normalized spacial score (nSPS) is 37.4. The maximum absolute atomic E-state index is 11.8. The van der Waals surface area contributed by atoms with Crippen molar-refractivity contribution in [3.05, 3.63) is 0 Å². The standard InChI is InChI=1S/C11H20O/c1-8(2)11(4)6-5-9(3)7-10(11)12/h8-9H,5-7H2,1-4H3/t9?,11-/m0/s1. The van der Waals surface area contributed by atoms with E-state index in [0.29, 0.717) is 17.6 Å². The fourth-order valence-corrected chi connectivity index (χ4v) is 1.95. The van der Waals surface area contributed by atoms with E-state index in [9.17, 15) is 4.79 Å². The molecule has 2 atom stereocenters. The first-order valence-corrected chi connectivity index (χ1v) is 5.00. The highest BCUT2D eigenvalue weighted by Crippen LogP contribution is 2.40. The molecule has 1 nitrogen and oxygen atoms in total. The van der Waals surface area contributed by atoms with Crippen LogP contribution in [0.2, 0.25) is 0 Å². The van der Waals surface area contributed by atoms with Crippen LogP contribution in [0.15, 0.2) is 0 Å². The fourth-order valence-electron chi connectivity index (χ4n) is 1.95. The third-order valence-corrected chi connectivity index (χ3v) is 3.60. The summed E-state index contributed by atoms with van der Waals surface area (Å²) >= 11 is 0. The molecular formula is C11H20O. The lowest BCUT2D eigenvalue weighted by molar-refractivity contribution is -0.134. The van der Waals surface area contributed by atoms with Crippen molar-refractivity contribution >= 4 is 5.78 Å². The molecule has 1 fully saturated rings. The number of Topliss-reactive ketones (excluding diaryl/α,β-unsaturated/α-hetero) is 1. The van der Waals surface area contributed by atoms with Crippen molar-refractivity contribution in [2.24, 2.45) is 17.3 Å². The Morgan fingerprint density at radius 3 is 2.50 bits per heavy atom. The van der Waals surface area contributed by atoms with Crippen molar-refractivity contribution in [1.82, 2.24) is 0 Å². The van der Waals surface area contributed by atoms with Crippen LogP contribution in [-0.2, 0) is 4.79 Å². The maximum atomic E-state index is 11.8. The predicted octanol–water partition coefficient (Wildman–Crippen LogP) is 3.04. The summed E-state index contributed by atoms with van der Waals surface area (Å²) in [5, 5.41) is 0. The largest absolute Gasteiger partial charge is 0.299 e. The fraction of sp³-hybridized carbons (Fsp3) is 0.909. The minimum Gasteiger partial charge on any atom is -0.299 e. The Morgan fingerprint density at radius 2 is 2.08 bits per heavy atom. The molecule has 0 aliphatic heterocycles. The van der Waals surface area contributed by atoms with Gasteiger partial charge in [-0.2, -0.15) is 0 Å². The third kappa shape index (κ3) is 1.55. The van der Waals surface area contributed by atoms with E-state index in [0.717, 1.165) is 12.8 Å². The Kier molecular flexibility index (Phi) is 2.60. The molecule has 0 aromatic rings. The summed E-state index contributed by atoms with van der Waals surface area (Å²) in [5.41, 5.74) is -0.0213. The van der Waals surface area contributed by atoms with Crippen molar-refractivity contribution in [2.75, 3.05) is 0 Å². The zero-order valence-electron chi connectivity index (χ0n) is 8.68. The Morgan fingerprint density at radius 1 is 1.50 bits per heavy atom. The molecule has 1 saturated carbocycles. The van der Waals surface area contributed by atoms with Crippen LogP contribution in [0.25, 0.3) is 0 Å². The van der Waals surface area contributed by atoms with Gasteiger partial charge in [0.15, 0.2) is 0 Å². The van der Waals surface area contributed by atoms with E-state index in [-0.39, 0.29) is 5.41 Å². The molecule has 0 radical (unpaired) electrons. The molecule has 0 saturated heterocycles. The molecule has 1 unspecified atom stereocenters. The molecule has 0 aromatic carbocycles. The van der Waals surface area contributed by atoms with E-state index in [2.05, 4.69) is 27.7 Å². The lowest BCUT2D eigenvalue weighted by Crippen LogP contribution is -2.38. The van der Waals surface area contributed by atoms with E-state index in [4.69, 9.17) is 0 Å². The van der Waals surface area contributed by atoms with Gasteiger partial charge < -0.3 is 0 Å². The highest BCUT2D eigenvalue weighted by molar-refractivity contribution is 5.85. The predicted molar refractivity (Wildman–Crippen MR) is 51.0 cm³/mol. The first kappa shape index (κ1) is 9.76. The molecule has 12 heavy (non-hydrogen) atoms. The van der Waals surface area contributed by atoms with Crippen molar-refractivity contribution in [3.8, 4) is 0 Å². The van der Waals surface area contributed by atoms with Gasteiger partial charge in [-0.25, -0.2) is 0 Å². The van der Waals surface area contributed by atoms with Crippen LogP contribution < -0.4 is 0 Å². The Bertz CT molecular complexity index is 183. The quantitative estimate of drug-likeness (QED) is 0.588. The first-order valence-electron chi connectivity index (χ1n) is 5.00. The lowest BCUT2D eigenvalue weighted by Gasteiger charge is -2.38. The maximum Gasteiger partial charge on any atom is 0.139 e. The van der Waals surface area contributed by atoms with Gasteiger partial charge in [-0.15, -0.1) is 0 Å². The van der Waals surface area contributed by atoms with Crippen LogP contribution in [0.3, 0.4) is 0 Å². The summed E-state index contributed by atoms with van der Waals surface area (Å²) in [6.07, 6.45) is 3.11. The van der Waals surface area contributed by atoms with Crippen molar-refractivity contribution < 1.29 is 4.79 Å². The average molecular weight is 168 g/mol. The summed E-state index contributed by atoms with van der Waals surface area (Å²) in [5.74, 6) is 1.60. The second-order valence-corrected chi connectivity index (χ2v) is 4.84. The van der Waals surface area contributed by atoms with Gasteiger partial charge in [-0.1, -0.05) is 27.7 Å². The van der Waals surface area contributed by atoms with Gasteiger partial charge >= 0.3 is 0 Å². The number of rotatable bonds is 1. The number of ketones is 1. The highest BCUT2D eigenvalue weighted by Gasteiger charge is 2.39. The summed E-state index contributed by atoms with van der Waals surface area (Å²) in [6, 6.07) is 0. The second kappa shape index (κ2) is 3.20. The van der Waals surface area contributed by atoms with Crippen LogP contribution in [-0.4, -0.2) is 5.78 Å². The number of hydrogen-bond acceptors (Lipinski definition) is 1. The third-order valence-electron chi connectivity index (χ3n) is 3.60. The minimum atomic E-state index is -0.0213. The SMILES string of the molecule is CC1CC[C@@](C)(C(C)C)C(=O)C1. The average Bonchev–Trinajstić information content (AvgIpc) is 1.97. The molecule has 0 N–H and O–H groups in total. The van der Waals surface area contributed by atoms with Crippen LogP contribution in [0.5, 0.6) is 0 Å². The zero-order chi connectivity index (χ0) is 9.35. The number of hydrogen-bond donors (Lipinski definition) is 0. The number of carbonyl (C=O) groups is 1. The Labute approximate surface area is 75.5 Å². The molecule has 70 valence electrons. The summed E-state index contributed by atoms with van der Waals surface area (Å²) in [6.45, 7) is 8.63. The van der Waals surface area contributed by atoms with Crippen LogP contribution in [0, 0.1) is 17.3 Å². The van der Waals surface area contributed by atoms with Crippen LogP contribution in [0.1, 0.15) is 47.0 Å². The molecule has 0 spiro atoms. The van der Waals surface area contributed by atoms with Gasteiger partial charge in [-0.3, -0.25) is 4.79 Å². The summed E-state index contributed by atoms with van der Waals surface area (Å²) < 4.78 is 0. The summed E-state index contributed by atoms with van der Waals surface area (Å²) in [7, 11) is 0. The van der Waals surface area contributed by atoms with E-state index in [1.54, 1.807) is 0 Å². The Balaban J connectivity index is 2.73. The van der Waals surface area contributed by atoms with Crippen molar-refractivity contribution in [2.45, 2.75) is 47.0 Å². The molecule has 1 aliphatic carbocycles. The first-order chi connectivity index (χ1) is 5.47. The van der Waals surface area contributed by atoms with Gasteiger partial charge in [0, 0.05) is 11.8 Å². The van der Waals surface area contributed by atoms with E-state index < -0.39 is 0 Å². The second-order valence-electron chi connectivity index (χ2n) is 4.84. The molecule has 1 rings (SSSR count). The number of carbonyl (C=O) groups excluding carboxylic acids is 1. The van der Waals surface area contributed by atoms with E-state index in [1.807, 2.05) is 0 Å². The van der Waals surface area contributed by atoms with E-state index >= 15 is 0 Å². The lowest BCUT2D eigenvalue weighted by atomic mass is 9.65. The van der Waals surface area contributed by atoms with Crippen molar-refractivity contribution in [3.63, 3.8) is 0 Å². The monoisotopic (exact) mass is 168 g/mol. The molecule has 1 heteroatoms. The molecule has 0 heterocycles. The van der Waals surface area contributed by atoms with Crippen molar-refractivity contribution in [1.29, 1.82) is 0 Å². The van der Waals surface area contributed by atoms with Crippen LogP contribution >= 0.6 is 0 Å². The summed E-state index contributed by atoms with van der Waals surface area (Å²) in [4.78, 5) is 11.8. The molecule has 0 aromatic heterocycles. The zero-order valence-corrected chi connectivity index (χ0v) is 8.68. The molecule has 0 bridgehead atoms. The van der Waals surface area contributed by atoms with Gasteiger partial charge in [0.2, 0.25) is 0 Å². The van der Waals surface area contributed by atoms with Gasteiger partial charge in [0.25, 0.3) is 0 Å². The molecular weight excluding hydrogens is 148 g/mol. The topological polar surface area (TPSA) is 17.1 Å². The molecule has 1 aliphatic rings.